The number of aryl methyl sites for hydroxylation is 1. The lowest BCUT2D eigenvalue weighted by atomic mass is 10.1. The maximum absolute atomic E-state index is 10.6. The van der Waals surface area contributed by atoms with Crippen LogP contribution in [0.1, 0.15) is 37.8 Å². The highest BCUT2D eigenvalue weighted by Gasteiger charge is 2.36. The Hall–Kier alpha value is -1.96. The lowest BCUT2D eigenvalue weighted by molar-refractivity contribution is -0.141. The average molecular weight is 353 g/mol. The van der Waals surface area contributed by atoms with Crippen LogP contribution in [-0.4, -0.2) is 33.7 Å². The number of ether oxygens (including phenoxy) is 2. The van der Waals surface area contributed by atoms with Crippen LogP contribution in [0.3, 0.4) is 0 Å². The van der Waals surface area contributed by atoms with Crippen LogP contribution < -0.4 is 0 Å². The van der Waals surface area contributed by atoms with Gasteiger partial charge >= 0.3 is 5.97 Å². The van der Waals surface area contributed by atoms with Gasteiger partial charge in [0.15, 0.2) is 11.9 Å². The van der Waals surface area contributed by atoms with Crippen molar-refractivity contribution in [2.45, 2.75) is 38.6 Å². The predicted octanol–water partition coefficient (Wildman–Crippen LogP) is 3.23. The van der Waals surface area contributed by atoms with Crippen LogP contribution in [0.5, 0.6) is 0 Å². The van der Waals surface area contributed by atoms with E-state index in [0.29, 0.717) is 35.4 Å². The first-order valence-electron chi connectivity index (χ1n) is 7.50. The van der Waals surface area contributed by atoms with Gasteiger partial charge in [-0.05, 0) is 38.0 Å². The molecule has 24 heavy (non-hydrogen) atoms. The Balaban J connectivity index is 1.75. The molecule has 0 bridgehead atoms. The van der Waals surface area contributed by atoms with E-state index in [-0.39, 0.29) is 6.42 Å². The highest BCUT2D eigenvalue weighted by Crippen LogP contribution is 2.33. The molecule has 0 radical (unpaired) electrons. The first-order valence-corrected chi connectivity index (χ1v) is 7.87. The second kappa shape index (κ2) is 6.51. The molecule has 2 heterocycles. The third-order valence-corrected chi connectivity index (χ3v) is 3.98. The summed E-state index contributed by atoms with van der Waals surface area (Å²) < 4.78 is 16.8. The second-order valence-electron chi connectivity index (χ2n) is 5.96. The van der Waals surface area contributed by atoms with Crippen molar-refractivity contribution in [3.8, 4) is 11.5 Å². The van der Waals surface area contributed by atoms with E-state index in [1.807, 2.05) is 13.8 Å². The number of carbonyl (C=O) groups is 1. The molecule has 0 aliphatic carbocycles. The summed E-state index contributed by atoms with van der Waals surface area (Å²) in [6.45, 7) is 3.99. The monoisotopic (exact) mass is 352 g/mol. The molecule has 0 unspecified atom stereocenters. The molecule has 1 aromatic heterocycles. The van der Waals surface area contributed by atoms with E-state index in [1.165, 1.54) is 0 Å². The normalized spacial score (nSPS) is 19.5. The Morgan fingerprint density at radius 3 is 2.83 bits per heavy atom. The van der Waals surface area contributed by atoms with Crippen molar-refractivity contribution < 1.29 is 23.8 Å². The van der Waals surface area contributed by atoms with Gasteiger partial charge < -0.3 is 19.0 Å². The van der Waals surface area contributed by atoms with Gasteiger partial charge in [0.1, 0.15) is 0 Å². The maximum atomic E-state index is 10.6. The molecular formula is C16H17ClN2O5. The third kappa shape index (κ3) is 3.75. The number of aliphatic carboxylic acids is 1. The molecule has 0 amide bonds. The van der Waals surface area contributed by atoms with Crippen LogP contribution in [0, 0.1) is 0 Å². The Morgan fingerprint density at radius 1 is 1.42 bits per heavy atom. The molecule has 128 valence electrons. The molecule has 1 atom stereocenters. The van der Waals surface area contributed by atoms with E-state index < -0.39 is 17.9 Å². The van der Waals surface area contributed by atoms with Gasteiger partial charge in [-0.25, -0.2) is 0 Å². The van der Waals surface area contributed by atoms with Crippen LogP contribution in [0.2, 0.25) is 5.02 Å². The number of halogens is 1. The topological polar surface area (TPSA) is 94.7 Å². The van der Waals surface area contributed by atoms with Gasteiger partial charge in [-0.2, -0.15) is 0 Å². The van der Waals surface area contributed by atoms with Crippen molar-refractivity contribution in [3.63, 3.8) is 0 Å². The summed E-state index contributed by atoms with van der Waals surface area (Å²) in [6, 6.07) is 5.23. The van der Waals surface area contributed by atoms with E-state index in [0.717, 1.165) is 5.56 Å². The summed E-state index contributed by atoms with van der Waals surface area (Å²) in [5.74, 6) is -0.862. The maximum Gasteiger partial charge on any atom is 0.303 e. The van der Waals surface area contributed by atoms with Crippen molar-refractivity contribution in [1.29, 1.82) is 0 Å². The fraction of sp³-hybridized carbons (Fsp3) is 0.438. The summed E-state index contributed by atoms with van der Waals surface area (Å²) in [6.07, 6.45) is -0.00341. The van der Waals surface area contributed by atoms with E-state index in [2.05, 4.69) is 10.2 Å². The van der Waals surface area contributed by atoms with Crippen LogP contribution in [0.25, 0.3) is 11.5 Å². The summed E-state index contributed by atoms with van der Waals surface area (Å²) in [4.78, 5) is 10.6. The first-order chi connectivity index (χ1) is 11.3. The highest BCUT2D eigenvalue weighted by molar-refractivity contribution is 6.31. The van der Waals surface area contributed by atoms with Gasteiger partial charge in [0.05, 0.1) is 6.61 Å². The molecule has 7 nitrogen and oxygen atoms in total. The van der Waals surface area contributed by atoms with Crippen LogP contribution in [0.15, 0.2) is 22.6 Å². The van der Waals surface area contributed by atoms with Gasteiger partial charge in [-0.15, -0.1) is 10.2 Å². The fourth-order valence-corrected chi connectivity index (χ4v) is 2.69. The quantitative estimate of drug-likeness (QED) is 0.882. The Labute approximate surface area is 143 Å². The zero-order valence-electron chi connectivity index (χ0n) is 13.3. The standard InChI is InChI=1S/C16H17ClN2O5/c1-16(2)22-8-12(24-16)15-19-18-14(23-15)10-4-3-9(11(17)7-10)5-6-13(20)21/h3-4,7,12H,5-6,8H2,1-2H3,(H,20,21)/t12-/m0/s1. The molecule has 8 heteroatoms. The lowest BCUT2D eigenvalue weighted by Gasteiger charge is -2.15. The number of aromatic nitrogens is 2. The number of hydrogen-bond donors (Lipinski definition) is 1. The van der Waals surface area contributed by atoms with Gasteiger partial charge in [-0.3, -0.25) is 4.79 Å². The highest BCUT2D eigenvalue weighted by atomic mass is 35.5. The molecule has 1 aliphatic rings. The molecule has 0 saturated carbocycles. The number of benzene rings is 1. The van der Waals surface area contributed by atoms with Crippen molar-refractivity contribution in [2.75, 3.05) is 6.61 Å². The fourth-order valence-electron chi connectivity index (χ4n) is 2.41. The van der Waals surface area contributed by atoms with Crippen LogP contribution in [-0.2, 0) is 20.7 Å². The van der Waals surface area contributed by atoms with Crippen molar-refractivity contribution in [3.05, 3.63) is 34.7 Å². The van der Waals surface area contributed by atoms with Gasteiger partial charge in [0.2, 0.25) is 11.8 Å². The van der Waals surface area contributed by atoms with Crippen LogP contribution in [0.4, 0.5) is 0 Å². The molecular weight excluding hydrogens is 336 g/mol. The second-order valence-corrected chi connectivity index (χ2v) is 6.37. The molecule has 1 aliphatic heterocycles. The largest absolute Gasteiger partial charge is 0.481 e. The summed E-state index contributed by atoms with van der Waals surface area (Å²) in [5, 5.41) is 17.2. The molecule has 0 spiro atoms. The zero-order chi connectivity index (χ0) is 17.3. The number of rotatable bonds is 5. The van der Waals surface area contributed by atoms with Crippen molar-refractivity contribution in [1.82, 2.24) is 10.2 Å². The van der Waals surface area contributed by atoms with Gasteiger partial charge in [0, 0.05) is 17.0 Å². The zero-order valence-corrected chi connectivity index (χ0v) is 14.0. The molecule has 2 aromatic rings. The molecule has 1 aromatic carbocycles. The minimum atomic E-state index is -0.863. The van der Waals surface area contributed by atoms with E-state index in [1.54, 1.807) is 18.2 Å². The van der Waals surface area contributed by atoms with Crippen molar-refractivity contribution in [2.24, 2.45) is 0 Å². The minimum absolute atomic E-state index is 0.0264. The van der Waals surface area contributed by atoms with E-state index in [4.69, 9.17) is 30.6 Å². The number of hydrogen-bond acceptors (Lipinski definition) is 6. The lowest BCUT2D eigenvalue weighted by Crippen LogP contribution is -2.19. The summed E-state index contributed by atoms with van der Waals surface area (Å²) in [7, 11) is 0. The molecule has 1 fully saturated rings. The Bertz CT molecular complexity index is 759. The number of nitrogens with zero attached hydrogens (tertiary/aromatic N) is 2. The van der Waals surface area contributed by atoms with Crippen LogP contribution >= 0.6 is 11.6 Å². The number of carboxylic acid groups (broad SMARTS) is 1. The minimum Gasteiger partial charge on any atom is -0.481 e. The SMILES string of the molecule is CC1(C)OC[C@@H](c2nnc(-c3ccc(CCC(=O)O)c(Cl)c3)o2)O1. The first kappa shape index (κ1) is 16.9. The Morgan fingerprint density at radius 2 is 2.21 bits per heavy atom. The number of carboxylic acids is 1. The summed E-state index contributed by atoms with van der Waals surface area (Å²) >= 11 is 6.21. The molecule has 1 N–H and O–H groups in total. The van der Waals surface area contributed by atoms with E-state index >= 15 is 0 Å². The summed E-state index contributed by atoms with van der Waals surface area (Å²) in [5.41, 5.74) is 1.42. The average Bonchev–Trinajstić information content (AvgIpc) is 3.12. The molecule has 3 rings (SSSR count). The third-order valence-electron chi connectivity index (χ3n) is 3.63. The van der Waals surface area contributed by atoms with Gasteiger partial charge in [0.25, 0.3) is 0 Å². The van der Waals surface area contributed by atoms with Crippen molar-refractivity contribution >= 4 is 17.6 Å². The smallest absolute Gasteiger partial charge is 0.303 e. The molecule has 1 saturated heterocycles. The van der Waals surface area contributed by atoms with Gasteiger partial charge in [-0.1, -0.05) is 17.7 Å². The predicted molar refractivity (Wildman–Crippen MR) is 84.6 cm³/mol. The Kier molecular flexibility index (Phi) is 4.58. The van der Waals surface area contributed by atoms with E-state index in [9.17, 15) is 4.79 Å².